The SMILES string of the molecule is O=P1(c2ccccc2)c2ccccc2C(c2ccccc2)=C(c2ccccc2)N1c1ccccc1. The normalized spacial score (nSPS) is 17.2. The fourth-order valence-electron chi connectivity index (χ4n) is 4.94. The smallest absolute Gasteiger partial charge is 0.234 e. The van der Waals surface area contributed by atoms with Crippen molar-refractivity contribution < 1.29 is 4.57 Å². The van der Waals surface area contributed by atoms with E-state index < -0.39 is 7.29 Å². The fourth-order valence-corrected chi connectivity index (χ4v) is 7.99. The van der Waals surface area contributed by atoms with E-state index in [9.17, 15) is 0 Å². The lowest BCUT2D eigenvalue weighted by Crippen LogP contribution is -2.37. The molecule has 2 nitrogen and oxygen atoms in total. The average molecular weight is 470 g/mol. The molecule has 0 radical (unpaired) electrons. The first-order valence-electron chi connectivity index (χ1n) is 11.7. The van der Waals surface area contributed by atoms with E-state index >= 15 is 4.57 Å². The van der Waals surface area contributed by atoms with Crippen LogP contribution in [0.3, 0.4) is 0 Å². The summed E-state index contributed by atoms with van der Waals surface area (Å²) < 4.78 is 17.7. The van der Waals surface area contributed by atoms with Crippen LogP contribution in [-0.4, -0.2) is 0 Å². The number of rotatable bonds is 4. The van der Waals surface area contributed by atoms with Gasteiger partial charge in [-0.3, -0.25) is 9.24 Å². The van der Waals surface area contributed by atoms with Gasteiger partial charge in [0.25, 0.3) is 0 Å². The van der Waals surface area contributed by atoms with Crippen LogP contribution in [0, 0.1) is 0 Å². The van der Waals surface area contributed by atoms with E-state index in [-0.39, 0.29) is 0 Å². The molecule has 35 heavy (non-hydrogen) atoms. The Morgan fingerprint density at radius 3 is 1.60 bits per heavy atom. The molecule has 0 N–H and O–H groups in total. The molecule has 0 bridgehead atoms. The molecule has 0 aliphatic carbocycles. The first-order chi connectivity index (χ1) is 17.3. The summed E-state index contributed by atoms with van der Waals surface area (Å²) in [7, 11) is -3.29. The Kier molecular flexibility index (Phi) is 5.45. The maximum atomic E-state index is 15.6. The molecule has 0 saturated heterocycles. The van der Waals surface area contributed by atoms with Gasteiger partial charge in [-0.25, -0.2) is 0 Å². The topological polar surface area (TPSA) is 20.3 Å². The Bertz CT molecular complexity index is 1550. The van der Waals surface area contributed by atoms with E-state index in [4.69, 9.17) is 0 Å². The highest BCUT2D eigenvalue weighted by Gasteiger charge is 2.44. The summed E-state index contributed by atoms with van der Waals surface area (Å²) in [5, 5.41) is 1.67. The summed E-state index contributed by atoms with van der Waals surface area (Å²) in [6.45, 7) is 0. The lowest BCUT2D eigenvalue weighted by molar-refractivity contribution is 0.587. The summed E-state index contributed by atoms with van der Waals surface area (Å²) in [6, 6.07) is 48.9. The second-order valence-electron chi connectivity index (χ2n) is 8.53. The Morgan fingerprint density at radius 1 is 0.486 bits per heavy atom. The molecular weight excluding hydrogens is 445 g/mol. The van der Waals surface area contributed by atoms with Gasteiger partial charge in [0.15, 0.2) is 0 Å². The minimum Gasteiger partial charge on any atom is -0.289 e. The highest BCUT2D eigenvalue weighted by atomic mass is 31.2. The highest BCUT2D eigenvalue weighted by molar-refractivity contribution is 7.80. The Labute approximate surface area is 206 Å². The quantitative estimate of drug-likeness (QED) is 0.257. The van der Waals surface area contributed by atoms with Crippen molar-refractivity contribution in [3.05, 3.63) is 162 Å². The van der Waals surface area contributed by atoms with E-state index in [1.54, 1.807) is 0 Å². The number of hydrogen-bond acceptors (Lipinski definition) is 1. The van der Waals surface area contributed by atoms with E-state index in [0.29, 0.717) is 0 Å². The molecule has 1 atom stereocenters. The molecule has 0 spiro atoms. The number of fused-ring (bicyclic) bond motifs is 1. The van der Waals surface area contributed by atoms with Gasteiger partial charge < -0.3 is 0 Å². The van der Waals surface area contributed by atoms with E-state index in [1.165, 1.54) is 0 Å². The molecule has 3 heteroatoms. The standard InChI is InChI=1S/C32H24NOP/c34-35(28-21-11-4-12-22-28)30-24-14-13-23-29(30)31(25-15-5-1-6-16-25)32(26-17-7-2-8-18-26)33(35)27-19-9-3-10-20-27/h1-24H. The number of hydrogen-bond donors (Lipinski definition) is 0. The van der Waals surface area contributed by atoms with Crippen molar-refractivity contribution in [3.8, 4) is 0 Å². The zero-order valence-electron chi connectivity index (χ0n) is 19.2. The summed E-state index contributed by atoms with van der Waals surface area (Å²) >= 11 is 0. The third-order valence-electron chi connectivity index (χ3n) is 6.45. The summed E-state index contributed by atoms with van der Waals surface area (Å²) in [4.78, 5) is 0. The van der Waals surface area contributed by atoms with Crippen molar-refractivity contribution in [1.82, 2.24) is 0 Å². The van der Waals surface area contributed by atoms with E-state index in [1.807, 2.05) is 91.0 Å². The number of para-hydroxylation sites is 1. The lowest BCUT2D eigenvalue weighted by Gasteiger charge is -2.42. The zero-order valence-corrected chi connectivity index (χ0v) is 20.1. The second kappa shape index (κ2) is 8.91. The third kappa shape index (κ3) is 3.55. The molecule has 1 unspecified atom stereocenters. The first-order valence-corrected chi connectivity index (χ1v) is 13.4. The van der Waals surface area contributed by atoms with Gasteiger partial charge in [-0.2, -0.15) is 0 Å². The molecule has 0 aromatic heterocycles. The maximum Gasteiger partial charge on any atom is 0.234 e. The maximum absolute atomic E-state index is 15.6. The van der Waals surface area contributed by atoms with Gasteiger partial charge in [0, 0.05) is 21.9 Å². The largest absolute Gasteiger partial charge is 0.289 e. The predicted molar refractivity (Wildman–Crippen MR) is 147 cm³/mol. The molecule has 5 aromatic carbocycles. The van der Waals surface area contributed by atoms with Crippen molar-refractivity contribution in [2.45, 2.75) is 0 Å². The van der Waals surface area contributed by atoms with Crippen LogP contribution < -0.4 is 15.3 Å². The van der Waals surface area contributed by atoms with Crippen LogP contribution in [0.5, 0.6) is 0 Å². The molecule has 1 aliphatic rings. The van der Waals surface area contributed by atoms with Gasteiger partial charge >= 0.3 is 0 Å². The summed E-state index contributed by atoms with van der Waals surface area (Å²) in [6.07, 6.45) is 0. The minimum atomic E-state index is -3.29. The molecule has 0 fully saturated rings. The first kappa shape index (κ1) is 21.4. The second-order valence-corrected chi connectivity index (χ2v) is 11.1. The van der Waals surface area contributed by atoms with Crippen LogP contribution >= 0.6 is 7.29 Å². The van der Waals surface area contributed by atoms with Crippen LogP contribution in [0.25, 0.3) is 11.3 Å². The van der Waals surface area contributed by atoms with Crippen molar-refractivity contribution in [1.29, 1.82) is 0 Å². The molecule has 0 saturated carbocycles. The van der Waals surface area contributed by atoms with Gasteiger partial charge in [0.1, 0.15) is 0 Å². The number of benzene rings is 5. The van der Waals surface area contributed by atoms with Crippen LogP contribution in [0.1, 0.15) is 16.7 Å². The van der Waals surface area contributed by atoms with Crippen molar-refractivity contribution in [3.63, 3.8) is 0 Å². The van der Waals surface area contributed by atoms with Crippen molar-refractivity contribution in [2.75, 3.05) is 4.67 Å². The molecule has 5 aromatic rings. The molecule has 168 valence electrons. The van der Waals surface area contributed by atoms with Gasteiger partial charge in [0.05, 0.1) is 5.70 Å². The summed E-state index contributed by atoms with van der Waals surface area (Å²) in [5.41, 5.74) is 6.07. The van der Waals surface area contributed by atoms with Crippen LogP contribution in [0.4, 0.5) is 5.69 Å². The average Bonchev–Trinajstić information content (AvgIpc) is 2.95. The zero-order chi connectivity index (χ0) is 23.7. The third-order valence-corrected chi connectivity index (χ3v) is 9.48. The van der Waals surface area contributed by atoms with Gasteiger partial charge in [-0.15, -0.1) is 0 Å². The van der Waals surface area contributed by atoms with Crippen molar-refractivity contribution >= 4 is 34.9 Å². The Balaban J connectivity index is 1.81. The van der Waals surface area contributed by atoms with Gasteiger partial charge in [0.2, 0.25) is 7.29 Å². The van der Waals surface area contributed by atoms with E-state index in [0.717, 1.165) is 44.3 Å². The van der Waals surface area contributed by atoms with Gasteiger partial charge in [-0.05, 0) is 47.0 Å². The number of anilines is 1. The lowest BCUT2D eigenvalue weighted by atomic mass is 9.92. The van der Waals surface area contributed by atoms with Crippen LogP contribution in [0.15, 0.2) is 146 Å². The van der Waals surface area contributed by atoms with E-state index in [2.05, 4.69) is 59.3 Å². The molecule has 6 rings (SSSR count). The minimum absolute atomic E-state index is 0.817. The Morgan fingerprint density at radius 2 is 0.971 bits per heavy atom. The van der Waals surface area contributed by atoms with Crippen molar-refractivity contribution in [2.24, 2.45) is 0 Å². The number of nitrogens with zero attached hydrogens (tertiary/aromatic N) is 1. The highest BCUT2D eigenvalue weighted by Crippen LogP contribution is 2.60. The predicted octanol–water partition coefficient (Wildman–Crippen LogP) is 7.35. The molecule has 1 heterocycles. The summed E-state index contributed by atoms with van der Waals surface area (Å²) in [5.74, 6) is 0. The van der Waals surface area contributed by atoms with Crippen LogP contribution in [-0.2, 0) is 4.57 Å². The monoisotopic (exact) mass is 469 g/mol. The molecule has 1 aliphatic heterocycles. The van der Waals surface area contributed by atoms with Crippen LogP contribution in [0.2, 0.25) is 0 Å². The van der Waals surface area contributed by atoms with Gasteiger partial charge in [-0.1, -0.05) is 115 Å². The Hall–Kier alpha value is -4.13. The molecule has 0 amide bonds. The molecular formula is C32H24NOP. The fraction of sp³-hybridized carbons (Fsp3) is 0.